The molecule has 2 rings (SSSR count). The van der Waals surface area contributed by atoms with Crippen molar-refractivity contribution >= 4 is 41.2 Å². The molecule has 0 aliphatic heterocycles. The van der Waals surface area contributed by atoms with Crippen LogP contribution in [0.3, 0.4) is 0 Å². The van der Waals surface area contributed by atoms with E-state index in [1.165, 1.54) is 23.5 Å². The van der Waals surface area contributed by atoms with Crippen LogP contribution in [-0.2, 0) is 4.79 Å². The normalized spacial score (nSPS) is 10.7. The maximum Gasteiger partial charge on any atom is 0.216 e. The van der Waals surface area contributed by atoms with Crippen molar-refractivity contribution < 1.29 is 4.79 Å². The van der Waals surface area contributed by atoms with Crippen LogP contribution in [0, 0.1) is 0 Å². The second-order valence-electron chi connectivity index (χ2n) is 3.12. The Kier molecular flexibility index (Phi) is 4.04. The number of hydrogen-bond donors (Lipinski definition) is 4. The predicted molar refractivity (Wildman–Crippen MR) is 68.0 cm³/mol. The van der Waals surface area contributed by atoms with Gasteiger partial charge in [0.1, 0.15) is 0 Å². The van der Waals surface area contributed by atoms with E-state index in [9.17, 15) is 4.79 Å². The predicted octanol–water partition coefficient (Wildman–Crippen LogP) is -0.459. The molecule has 9 nitrogen and oxygen atoms in total. The van der Waals surface area contributed by atoms with Gasteiger partial charge >= 0.3 is 0 Å². The number of rotatable bonds is 6. The van der Waals surface area contributed by atoms with E-state index in [0.717, 1.165) is 0 Å². The van der Waals surface area contributed by atoms with Crippen molar-refractivity contribution in [3.8, 4) is 0 Å². The summed E-state index contributed by atoms with van der Waals surface area (Å²) in [5, 5.41) is 13.5. The Morgan fingerprint density at radius 1 is 1.00 bits per heavy atom. The number of nitrogens with two attached hydrogens (primary N) is 2. The molecule has 0 amide bonds. The molecule has 18 heavy (non-hydrogen) atoms. The van der Waals surface area contributed by atoms with E-state index < -0.39 is 0 Å². The number of ketones is 1. The maximum absolute atomic E-state index is 11.6. The van der Waals surface area contributed by atoms with Crippen molar-refractivity contribution in [3.05, 3.63) is 0 Å². The van der Waals surface area contributed by atoms with Crippen LogP contribution in [0.2, 0.25) is 0 Å². The number of hydrogen-bond acceptors (Lipinski definition) is 9. The number of carbonyl (C=O) groups excluding carboxylic acids is 1. The van der Waals surface area contributed by atoms with Crippen LogP contribution in [-0.4, -0.2) is 47.7 Å². The van der Waals surface area contributed by atoms with Gasteiger partial charge < -0.3 is 11.5 Å². The molecule has 0 aliphatic carbocycles. The summed E-state index contributed by atoms with van der Waals surface area (Å²) in [6.07, 6.45) is 0. The molecule has 0 aromatic carbocycles. The van der Waals surface area contributed by atoms with Crippen LogP contribution in [0.25, 0.3) is 0 Å². The Morgan fingerprint density at radius 3 is 1.78 bits per heavy atom. The van der Waals surface area contributed by atoms with Gasteiger partial charge in [0.2, 0.25) is 22.2 Å². The average Bonchev–Trinajstić information content (AvgIpc) is 2.93. The molecule has 0 bridgehead atoms. The van der Waals surface area contributed by atoms with Crippen molar-refractivity contribution in [1.29, 1.82) is 0 Å². The number of thioether (sulfide) groups is 2. The van der Waals surface area contributed by atoms with Crippen LogP contribution < -0.4 is 11.5 Å². The van der Waals surface area contributed by atoms with Gasteiger partial charge in [0.25, 0.3) is 0 Å². The number of Topliss-reactive ketones (excluding diaryl/α,β-unsaturated/α-hetero) is 1. The number of anilines is 2. The van der Waals surface area contributed by atoms with Gasteiger partial charge in [-0.15, -0.1) is 10.2 Å². The Bertz CT molecular complexity index is 491. The third kappa shape index (κ3) is 3.63. The van der Waals surface area contributed by atoms with E-state index in [-0.39, 0.29) is 29.2 Å². The van der Waals surface area contributed by atoms with Crippen LogP contribution in [0.15, 0.2) is 10.3 Å². The summed E-state index contributed by atoms with van der Waals surface area (Å²) in [5.41, 5.74) is 10.7. The number of nitrogens with zero attached hydrogens (tertiary/aromatic N) is 4. The van der Waals surface area contributed by atoms with E-state index in [0.29, 0.717) is 10.3 Å². The number of nitrogen functional groups attached to an aromatic ring is 2. The first-order chi connectivity index (χ1) is 8.63. The van der Waals surface area contributed by atoms with Crippen LogP contribution in [0.4, 0.5) is 11.9 Å². The van der Waals surface area contributed by atoms with E-state index in [1.54, 1.807) is 0 Å². The largest absolute Gasteiger partial charge is 0.368 e. The highest BCUT2D eigenvalue weighted by molar-refractivity contribution is 8.01. The fourth-order valence-electron chi connectivity index (χ4n) is 0.977. The lowest BCUT2D eigenvalue weighted by atomic mass is 10.5. The minimum absolute atomic E-state index is 0.0248. The molecule has 2 heterocycles. The number of nitrogens with one attached hydrogen (secondary N) is 2. The average molecular weight is 286 g/mol. The van der Waals surface area contributed by atoms with Gasteiger partial charge in [-0.1, -0.05) is 23.5 Å². The second kappa shape index (κ2) is 5.73. The Labute approximate surface area is 110 Å². The SMILES string of the molecule is Nc1nc(SCC(=O)CSc2n[nH]c(N)n2)n[nH]1. The van der Waals surface area contributed by atoms with Gasteiger partial charge in [0.15, 0.2) is 5.78 Å². The minimum atomic E-state index is 0.0248. The quantitative estimate of drug-likeness (QED) is 0.516. The molecule has 0 saturated carbocycles. The zero-order chi connectivity index (χ0) is 13.0. The first-order valence-electron chi connectivity index (χ1n) is 4.76. The van der Waals surface area contributed by atoms with Crippen molar-refractivity contribution in [2.24, 2.45) is 0 Å². The topological polar surface area (TPSA) is 152 Å². The molecule has 11 heteroatoms. The summed E-state index contributed by atoms with van der Waals surface area (Å²) in [5.74, 6) is 1.02. The van der Waals surface area contributed by atoms with E-state index in [4.69, 9.17) is 11.5 Å². The van der Waals surface area contributed by atoms with Gasteiger partial charge in [-0.2, -0.15) is 9.97 Å². The van der Waals surface area contributed by atoms with E-state index >= 15 is 0 Å². The number of aromatic amines is 2. The Hall–Kier alpha value is -1.75. The maximum atomic E-state index is 11.6. The van der Waals surface area contributed by atoms with Crippen molar-refractivity contribution in [2.75, 3.05) is 23.0 Å². The molecule has 0 saturated heterocycles. The third-order valence-electron chi connectivity index (χ3n) is 1.69. The highest BCUT2D eigenvalue weighted by Crippen LogP contribution is 2.16. The summed E-state index contributed by atoms with van der Waals surface area (Å²) >= 11 is 2.44. The van der Waals surface area contributed by atoms with Crippen LogP contribution >= 0.6 is 23.5 Å². The molecule has 0 radical (unpaired) electrons. The summed E-state index contributed by atoms with van der Waals surface area (Å²) in [7, 11) is 0. The molecule has 0 unspecified atom stereocenters. The van der Waals surface area contributed by atoms with Gasteiger partial charge in [-0.05, 0) is 0 Å². The molecule has 0 fully saturated rings. The van der Waals surface area contributed by atoms with Gasteiger partial charge in [-0.3, -0.25) is 4.79 Å². The molecule has 0 spiro atoms. The standard InChI is InChI=1S/C7H10N8OS2/c8-4-10-6(14-12-4)17-1-3(16)2-18-7-11-5(9)13-15-7/h1-2H2,(H3,8,10,12,14)(H3,9,11,13,15). The van der Waals surface area contributed by atoms with Crippen molar-refractivity contribution in [2.45, 2.75) is 10.3 Å². The summed E-state index contributed by atoms with van der Waals surface area (Å²) in [6.45, 7) is 0. The molecule has 0 atom stereocenters. The van der Waals surface area contributed by atoms with Crippen molar-refractivity contribution in [3.63, 3.8) is 0 Å². The summed E-state index contributed by atoms with van der Waals surface area (Å²) in [6, 6.07) is 0. The third-order valence-corrected chi connectivity index (χ3v) is 3.50. The van der Waals surface area contributed by atoms with Crippen molar-refractivity contribution in [1.82, 2.24) is 30.4 Å². The van der Waals surface area contributed by atoms with E-state index in [1.807, 2.05) is 0 Å². The fraction of sp³-hybridized carbons (Fsp3) is 0.286. The van der Waals surface area contributed by atoms with Crippen LogP contribution in [0.5, 0.6) is 0 Å². The highest BCUT2D eigenvalue weighted by Gasteiger charge is 2.09. The molecular formula is C7H10N8OS2. The first kappa shape index (κ1) is 12.7. The number of aromatic nitrogens is 6. The Morgan fingerprint density at radius 2 is 1.44 bits per heavy atom. The monoisotopic (exact) mass is 286 g/mol. The molecule has 2 aromatic rings. The molecular weight excluding hydrogens is 276 g/mol. The number of H-pyrrole nitrogens is 2. The summed E-state index contributed by atoms with van der Waals surface area (Å²) < 4.78 is 0. The molecule has 2 aromatic heterocycles. The lowest BCUT2D eigenvalue weighted by Gasteiger charge is -1.95. The fourth-order valence-corrected chi connectivity index (χ4v) is 2.44. The minimum Gasteiger partial charge on any atom is -0.368 e. The first-order valence-corrected chi connectivity index (χ1v) is 6.73. The second-order valence-corrected chi connectivity index (χ2v) is 5.01. The lowest BCUT2D eigenvalue weighted by Crippen LogP contribution is -2.05. The molecule has 6 N–H and O–H groups in total. The summed E-state index contributed by atoms with van der Waals surface area (Å²) in [4.78, 5) is 19.3. The molecule has 96 valence electrons. The smallest absolute Gasteiger partial charge is 0.216 e. The molecule has 0 aliphatic rings. The van der Waals surface area contributed by atoms with E-state index in [2.05, 4.69) is 30.4 Å². The van der Waals surface area contributed by atoms with Gasteiger partial charge in [0.05, 0.1) is 11.5 Å². The zero-order valence-electron chi connectivity index (χ0n) is 9.08. The highest BCUT2D eigenvalue weighted by atomic mass is 32.2. The Balaban J connectivity index is 1.72. The zero-order valence-corrected chi connectivity index (χ0v) is 10.7. The number of carbonyl (C=O) groups is 1. The van der Waals surface area contributed by atoms with Gasteiger partial charge in [0, 0.05) is 0 Å². The lowest BCUT2D eigenvalue weighted by molar-refractivity contribution is -0.114. The van der Waals surface area contributed by atoms with Crippen LogP contribution in [0.1, 0.15) is 0 Å². The van der Waals surface area contributed by atoms with Gasteiger partial charge in [-0.25, -0.2) is 10.2 Å².